The van der Waals surface area contributed by atoms with Crippen LogP contribution in [0.25, 0.3) is 0 Å². The maximum Gasteiger partial charge on any atom is 0.217 e. The van der Waals surface area contributed by atoms with Gasteiger partial charge >= 0.3 is 0 Å². The summed E-state index contributed by atoms with van der Waals surface area (Å²) in [6, 6.07) is 0. The summed E-state index contributed by atoms with van der Waals surface area (Å²) in [4.78, 5) is 2.29. The van der Waals surface area contributed by atoms with Crippen LogP contribution in [0.5, 0.6) is 0 Å². The highest BCUT2D eigenvalue weighted by molar-refractivity contribution is 7.89. The Bertz CT molecular complexity index is 333. The number of likely N-dealkylation sites (tertiary alicyclic amines) is 1. The number of sulfonamides is 1. The zero-order valence-electron chi connectivity index (χ0n) is 11.8. The lowest BCUT2D eigenvalue weighted by Crippen LogP contribution is -2.43. The molecule has 1 unspecified atom stereocenters. The first-order valence-electron chi connectivity index (χ1n) is 6.75. The first-order chi connectivity index (χ1) is 8.41. The summed E-state index contributed by atoms with van der Waals surface area (Å²) in [7, 11) is 0.576. The summed E-state index contributed by atoms with van der Waals surface area (Å²) in [6.07, 6.45) is 2.74. The Morgan fingerprint density at radius 3 is 2.39 bits per heavy atom. The SMILES string of the molecule is CCC(CN)S(=O)(=O)N(C)CC1CCN(C)CC1. The number of hydrogen-bond donors (Lipinski definition) is 1. The molecule has 108 valence electrons. The zero-order chi connectivity index (χ0) is 13.8. The number of nitrogens with two attached hydrogens (primary N) is 1. The number of rotatable bonds is 6. The van der Waals surface area contributed by atoms with Gasteiger partial charge in [-0.3, -0.25) is 0 Å². The average Bonchev–Trinajstić information content (AvgIpc) is 2.33. The Morgan fingerprint density at radius 2 is 1.94 bits per heavy atom. The lowest BCUT2D eigenvalue weighted by molar-refractivity contribution is 0.202. The van der Waals surface area contributed by atoms with Crippen molar-refractivity contribution in [3.8, 4) is 0 Å². The molecule has 0 bridgehead atoms. The van der Waals surface area contributed by atoms with E-state index in [0.717, 1.165) is 25.9 Å². The van der Waals surface area contributed by atoms with Gasteiger partial charge in [-0.15, -0.1) is 0 Å². The number of nitrogens with zero attached hydrogens (tertiary/aromatic N) is 2. The zero-order valence-corrected chi connectivity index (χ0v) is 12.6. The van der Waals surface area contributed by atoms with Crippen molar-refractivity contribution in [3.63, 3.8) is 0 Å². The molecule has 6 heteroatoms. The molecule has 0 saturated carbocycles. The van der Waals surface area contributed by atoms with Gasteiger partial charge in [0.1, 0.15) is 0 Å². The molecule has 1 saturated heterocycles. The van der Waals surface area contributed by atoms with E-state index >= 15 is 0 Å². The van der Waals surface area contributed by atoms with Crippen molar-refractivity contribution >= 4 is 10.0 Å². The Balaban J connectivity index is 2.56. The van der Waals surface area contributed by atoms with Crippen LogP contribution in [-0.2, 0) is 10.0 Å². The summed E-state index contributed by atoms with van der Waals surface area (Å²) in [6.45, 7) is 4.83. The molecule has 1 aliphatic rings. The highest BCUT2D eigenvalue weighted by Gasteiger charge is 2.29. The van der Waals surface area contributed by atoms with Crippen LogP contribution >= 0.6 is 0 Å². The molecule has 1 atom stereocenters. The molecule has 1 rings (SSSR count). The van der Waals surface area contributed by atoms with Crippen LogP contribution in [-0.4, -0.2) is 63.1 Å². The second-order valence-electron chi connectivity index (χ2n) is 5.34. The average molecular weight is 277 g/mol. The third kappa shape index (κ3) is 3.91. The molecular formula is C12H27N3O2S. The van der Waals surface area contributed by atoms with Gasteiger partial charge < -0.3 is 10.6 Å². The van der Waals surface area contributed by atoms with Gasteiger partial charge in [0.25, 0.3) is 0 Å². The fraction of sp³-hybridized carbons (Fsp3) is 1.00. The molecule has 0 aliphatic carbocycles. The summed E-state index contributed by atoms with van der Waals surface area (Å²) in [5.74, 6) is 0.483. The summed E-state index contributed by atoms with van der Waals surface area (Å²) < 4.78 is 26.1. The van der Waals surface area contributed by atoms with Crippen molar-refractivity contribution in [2.45, 2.75) is 31.4 Å². The Hall–Kier alpha value is -0.170. The van der Waals surface area contributed by atoms with Crippen LogP contribution in [0, 0.1) is 5.92 Å². The molecule has 0 aromatic carbocycles. The van der Waals surface area contributed by atoms with Gasteiger partial charge in [-0.1, -0.05) is 6.92 Å². The Labute approximate surface area is 111 Å². The maximum atomic E-state index is 12.3. The second kappa shape index (κ2) is 6.84. The fourth-order valence-corrected chi connectivity index (χ4v) is 4.06. The van der Waals surface area contributed by atoms with Crippen molar-refractivity contribution in [3.05, 3.63) is 0 Å². The highest BCUT2D eigenvalue weighted by Crippen LogP contribution is 2.19. The van der Waals surface area contributed by atoms with Crippen molar-refractivity contribution in [1.82, 2.24) is 9.21 Å². The minimum absolute atomic E-state index is 0.205. The number of piperidine rings is 1. The molecule has 5 nitrogen and oxygen atoms in total. The largest absolute Gasteiger partial charge is 0.329 e. The molecule has 0 aromatic rings. The molecule has 2 N–H and O–H groups in total. The smallest absolute Gasteiger partial charge is 0.217 e. The Morgan fingerprint density at radius 1 is 1.39 bits per heavy atom. The van der Waals surface area contributed by atoms with Crippen LogP contribution in [0.3, 0.4) is 0 Å². The molecule has 18 heavy (non-hydrogen) atoms. The molecule has 0 spiro atoms. The minimum Gasteiger partial charge on any atom is -0.329 e. The van der Waals surface area contributed by atoms with E-state index in [0.29, 0.717) is 18.9 Å². The normalized spacial score (nSPS) is 21.4. The maximum absolute atomic E-state index is 12.3. The summed E-state index contributed by atoms with van der Waals surface area (Å²) >= 11 is 0. The minimum atomic E-state index is -3.22. The molecule has 1 aliphatic heterocycles. The van der Waals surface area contributed by atoms with Gasteiger partial charge in [0.2, 0.25) is 10.0 Å². The molecule has 1 fully saturated rings. The van der Waals surface area contributed by atoms with Crippen molar-refractivity contribution in [1.29, 1.82) is 0 Å². The fourth-order valence-electron chi connectivity index (χ4n) is 2.47. The van der Waals surface area contributed by atoms with Gasteiger partial charge in [0.15, 0.2) is 0 Å². The summed E-state index contributed by atoms with van der Waals surface area (Å²) in [5.41, 5.74) is 5.55. The topological polar surface area (TPSA) is 66.6 Å². The van der Waals surface area contributed by atoms with Gasteiger partial charge in [0, 0.05) is 20.1 Å². The quantitative estimate of drug-likeness (QED) is 0.759. The first kappa shape index (κ1) is 15.9. The van der Waals surface area contributed by atoms with Crippen molar-refractivity contribution in [2.24, 2.45) is 11.7 Å². The standard InChI is InChI=1S/C12H27N3O2S/c1-4-12(9-13)18(16,17)15(3)10-11-5-7-14(2)8-6-11/h11-12H,4-10,13H2,1-3H3. The lowest BCUT2D eigenvalue weighted by Gasteiger charge is -2.32. The van der Waals surface area contributed by atoms with E-state index in [1.807, 2.05) is 6.92 Å². The van der Waals surface area contributed by atoms with E-state index in [4.69, 9.17) is 5.73 Å². The van der Waals surface area contributed by atoms with Gasteiger partial charge in [-0.05, 0) is 45.3 Å². The van der Waals surface area contributed by atoms with E-state index in [1.165, 1.54) is 4.31 Å². The predicted octanol–water partition coefficient (Wildman–Crippen LogP) is 0.327. The number of hydrogen-bond acceptors (Lipinski definition) is 4. The van der Waals surface area contributed by atoms with Crippen LogP contribution in [0.1, 0.15) is 26.2 Å². The molecular weight excluding hydrogens is 250 g/mol. The van der Waals surface area contributed by atoms with Gasteiger partial charge in [-0.25, -0.2) is 12.7 Å². The molecule has 0 radical (unpaired) electrons. The van der Waals surface area contributed by atoms with Crippen molar-refractivity contribution in [2.75, 3.05) is 40.3 Å². The Kier molecular flexibility index (Phi) is 6.04. The lowest BCUT2D eigenvalue weighted by atomic mass is 9.97. The third-order valence-corrected chi connectivity index (χ3v) is 6.31. The van der Waals surface area contributed by atoms with Gasteiger partial charge in [-0.2, -0.15) is 0 Å². The van der Waals surface area contributed by atoms with E-state index in [9.17, 15) is 8.42 Å². The van der Waals surface area contributed by atoms with E-state index < -0.39 is 15.3 Å². The second-order valence-corrected chi connectivity index (χ2v) is 7.66. The van der Waals surface area contributed by atoms with E-state index in [2.05, 4.69) is 11.9 Å². The van der Waals surface area contributed by atoms with Crippen LogP contribution in [0.4, 0.5) is 0 Å². The van der Waals surface area contributed by atoms with Crippen LogP contribution in [0.2, 0.25) is 0 Å². The molecule has 1 heterocycles. The summed E-state index contributed by atoms with van der Waals surface area (Å²) in [5, 5.41) is -0.436. The van der Waals surface area contributed by atoms with Gasteiger partial charge in [0.05, 0.1) is 5.25 Å². The monoisotopic (exact) mass is 277 g/mol. The molecule has 0 amide bonds. The van der Waals surface area contributed by atoms with E-state index in [-0.39, 0.29) is 6.54 Å². The molecule has 0 aromatic heterocycles. The van der Waals surface area contributed by atoms with E-state index in [1.54, 1.807) is 7.05 Å². The highest BCUT2D eigenvalue weighted by atomic mass is 32.2. The first-order valence-corrected chi connectivity index (χ1v) is 8.25. The van der Waals surface area contributed by atoms with Crippen molar-refractivity contribution < 1.29 is 8.42 Å². The van der Waals surface area contributed by atoms with Crippen LogP contribution in [0.15, 0.2) is 0 Å². The predicted molar refractivity (Wildman–Crippen MR) is 74.9 cm³/mol. The van der Waals surface area contributed by atoms with Crippen LogP contribution < -0.4 is 5.73 Å². The third-order valence-electron chi connectivity index (χ3n) is 3.93.